The fourth-order valence-corrected chi connectivity index (χ4v) is 4.11. The van der Waals surface area contributed by atoms with Crippen LogP contribution >= 0.6 is 15.9 Å². The summed E-state index contributed by atoms with van der Waals surface area (Å²) in [6, 6.07) is 7.91. The molecule has 0 spiro atoms. The Kier molecular flexibility index (Phi) is 6.95. The molecule has 6 heteroatoms. The van der Waals surface area contributed by atoms with E-state index in [2.05, 4.69) is 20.8 Å². The van der Waals surface area contributed by atoms with Crippen molar-refractivity contribution in [2.45, 2.75) is 38.9 Å². The van der Waals surface area contributed by atoms with Crippen molar-refractivity contribution in [1.82, 2.24) is 9.80 Å². The molecule has 0 saturated carbocycles. The number of morpholine rings is 1. The molecule has 3 rings (SSSR count). The topological polar surface area (TPSA) is 42.0 Å². The van der Waals surface area contributed by atoms with Crippen LogP contribution in [0, 0.1) is 5.92 Å². The normalized spacial score (nSPS) is 25.3. The molecule has 144 valence electrons. The van der Waals surface area contributed by atoms with Crippen molar-refractivity contribution in [2.24, 2.45) is 5.92 Å². The second-order valence-corrected chi connectivity index (χ2v) is 8.33. The van der Waals surface area contributed by atoms with Gasteiger partial charge < -0.3 is 14.4 Å². The van der Waals surface area contributed by atoms with Gasteiger partial charge in [-0.3, -0.25) is 9.69 Å². The first-order chi connectivity index (χ1) is 12.5. The summed E-state index contributed by atoms with van der Waals surface area (Å²) in [4.78, 5) is 17.2. The largest absolute Gasteiger partial charge is 0.492 e. The molecule has 5 nitrogen and oxygen atoms in total. The molecule has 2 heterocycles. The molecule has 1 amide bonds. The number of ether oxygens (including phenoxy) is 2. The van der Waals surface area contributed by atoms with Crippen LogP contribution in [0.15, 0.2) is 28.7 Å². The van der Waals surface area contributed by atoms with E-state index in [1.54, 1.807) is 0 Å². The van der Waals surface area contributed by atoms with Crippen LogP contribution in [0.1, 0.15) is 26.7 Å². The molecular formula is C20H29BrN2O3. The van der Waals surface area contributed by atoms with Crippen LogP contribution in [0.25, 0.3) is 0 Å². The maximum absolute atomic E-state index is 12.8. The summed E-state index contributed by atoms with van der Waals surface area (Å²) in [5.74, 6) is 1.38. The van der Waals surface area contributed by atoms with Crippen LogP contribution < -0.4 is 4.74 Å². The zero-order valence-electron chi connectivity index (χ0n) is 15.7. The Bertz CT molecular complexity index is 577. The minimum atomic E-state index is 0.138. The van der Waals surface area contributed by atoms with Crippen LogP contribution in [0.2, 0.25) is 0 Å². The Hall–Kier alpha value is -1.11. The number of nitrogens with zero attached hydrogens (tertiary/aromatic N) is 2. The van der Waals surface area contributed by atoms with Crippen LogP contribution in [-0.4, -0.2) is 67.2 Å². The minimum Gasteiger partial charge on any atom is -0.492 e. The molecule has 2 aliphatic rings. The van der Waals surface area contributed by atoms with E-state index in [4.69, 9.17) is 9.47 Å². The molecule has 2 fully saturated rings. The number of halogens is 1. The summed E-state index contributed by atoms with van der Waals surface area (Å²) in [5, 5.41) is 0. The third-order valence-corrected chi connectivity index (χ3v) is 5.69. The number of hydrogen-bond acceptors (Lipinski definition) is 4. The number of carbonyl (C=O) groups is 1. The first kappa shape index (κ1) is 19.6. The van der Waals surface area contributed by atoms with Gasteiger partial charge in [0.2, 0.25) is 5.91 Å². The maximum atomic E-state index is 12.8. The zero-order chi connectivity index (χ0) is 18.5. The molecule has 1 aromatic rings. The zero-order valence-corrected chi connectivity index (χ0v) is 17.3. The molecule has 0 N–H and O–H groups in total. The lowest BCUT2D eigenvalue weighted by molar-refractivity contribution is -0.148. The summed E-state index contributed by atoms with van der Waals surface area (Å²) >= 11 is 3.43. The molecule has 0 unspecified atom stereocenters. The highest BCUT2D eigenvalue weighted by Gasteiger charge is 2.32. The van der Waals surface area contributed by atoms with Gasteiger partial charge in [0, 0.05) is 30.0 Å². The summed E-state index contributed by atoms with van der Waals surface area (Å²) < 4.78 is 12.6. The van der Waals surface area contributed by atoms with Crippen LogP contribution in [0.4, 0.5) is 0 Å². The lowest BCUT2D eigenvalue weighted by atomic mass is 9.94. The van der Waals surface area contributed by atoms with E-state index in [-0.39, 0.29) is 18.1 Å². The molecule has 0 aliphatic carbocycles. The first-order valence-electron chi connectivity index (χ1n) is 9.56. The second-order valence-electron chi connectivity index (χ2n) is 7.42. The molecule has 0 bridgehead atoms. The quantitative estimate of drug-likeness (QED) is 0.727. The maximum Gasteiger partial charge on any atom is 0.225 e. The number of likely N-dealkylation sites (tertiary alicyclic amines) is 1. The highest BCUT2D eigenvalue weighted by atomic mass is 79.9. The van der Waals surface area contributed by atoms with E-state index < -0.39 is 0 Å². The van der Waals surface area contributed by atoms with Crippen molar-refractivity contribution >= 4 is 21.8 Å². The molecular weight excluding hydrogens is 396 g/mol. The number of hydrogen-bond donors (Lipinski definition) is 0. The van der Waals surface area contributed by atoms with E-state index in [0.29, 0.717) is 12.5 Å². The van der Waals surface area contributed by atoms with Crippen LogP contribution in [-0.2, 0) is 9.53 Å². The lowest BCUT2D eigenvalue weighted by Crippen LogP contribution is -2.51. The summed E-state index contributed by atoms with van der Waals surface area (Å²) in [5.41, 5.74) is 0. The van der Waals surface area contributed by atoms with E-state index in [1.807, 2.05) is 43.0 Å². The van der Waals surface area contributed by atoms with Gasteiger partial charge in [0.15, 0.2) is 0 Å². The Morgan fingerprint density at radius 2 is 1.77 bits per heavy atom. The number of amides is 1. The Labute approximate surface area is 164 Å². The standard InChI is InChI=1S/C20H29BrN2O3/c1-15-13-23(14-16(2)26-15)20(24)17-7-9-22(10-8-17)11-12-25-19-5-3-18(21)4-6-19/h3-6,15-17H,7-14H2,1-2H3/t15-,16-/m0/s1. The van der Waals surface area contributed by atoms with E-state index >= 15 is 0 Å². The van der Waals surface area contributed by atoms with Gasteiger partial charge in [-0.25, -0.2) is 0 Å². The van der Waals surface area contributed by atoms with Crippen LogP contribution in [0.5, 0.6) is 5.75 Å². The van der Waals surface area contributed by atoms with E-state index in [9.17, 15) is 4.79 Å². The van der Waals surface area contributed by atoms with Gasteiger partial charge in [0.25, 0.3) is 0 Å². The molecule has 0 aromatic heterocycles. The number of piperidine rings is 1. The molecule has 2 aliphatic heterocycles. The second kappa shape index (κ2) is 9.20. The van der Waals surface area contributed by atoms with Crippen molar-refractivity contribution in [3.05, 3.63) is 28.7 Å². The van der Waals surface area contributed by atoms with Crippen LogP contribution in [0.3, 0.4) is 0 Å². The molecule has 2 saturated heterocycles. The molecule has 0 radical (unpaired) electrons. The summed E-state index contributed by atoms with van der Waals surface area (Å²) in [7, 11) is 0. The third-order valence-electron chi connectivity index (χ3n) is 5.16. The van der Waals surface area contributed by atoms with Crippen molar-refractivity contribution in [2.75, 3.05) is 39.3 Å². The van der Waals surface area contributed by atoms with Crippen molar-refractivity contribution < 1.29 is 14.3 Å². The molecule has 26 heavy (non-hydrogen) atoms. The SMILES string of the molecule is C[C@H]1CN(C(=O)C2CCN(CCOc3ccc(Br)cc3)CC2)C[C@H](C)O1. The van der Waals surface area contributed by atoms with Gasteiger partial charge in [0.1, 0.15) is 12.4 Å². The predicted octanol–water partition coefficient (Wildman–Crippen LogP) is 3.18. The monoisotopic (exact) mass is 424 g/mol. The van der Waals surface area contributed by atoms with E-state index in [0.717, 1.165) is 55.8 Å². The summed E-state index contributed by atoms with van der Waals surface area (Å²) in [6.45, 7) is 9.06. The first-order valence-corrected chi connectivity index (χ1v) is 10.4. The Balaban J connectivity index is 1.38. The van der Waals surface area contributed by atoms with Crippen molar-refractivity contribution in [1.29, 1.82) is 0 Å². The number of benzene rings is 1. The smallest absolute Gasteiger partial charge is 0.225 e. The molecule has 2 atom stereocenters. The fourth-order valence-electron chi connectivity index (χ4n) is 3.84. The van der Waals surface area contributed by atoms with Crippen molar-refractivity contribution in [3.8, 4) is 5.75 Å². The van der Waals surface area contributed by atoms with Gasteiger partial charge in [-0.15, -0.1) is 0 Å². The summed E-state index contributed by atoms with van der Waals surface area (Å²) in [6.07, 6.45) is 2.16. The average molecular weight is 425 g/mol. The average Bonchev–Trinajstić information content (AvgIpc) is 2.62. The predicted molar refractivity (Wildman–Crippen MR) is 105 cm³/mol. The fraction of sp³-hybridized carbons (Fsp3) is 0.650. The third kappa shape index (κ3) is 5.44. The van der Waals surface area contributed by atoms with Gasteiger partial charge in [-0.1, -0.05) is 15.9 Å². The van der Waals surface area contributed by atoms with Crippen molar-refractivity contribution in [3.63, 3.8) is 0 Å². The number of rotatable bonds is 5. The van der Waals surface area contributed by atoms with Gasteiger partial charge in [0.05, 0.1) is 12.2 Å². The van der Waals surface area contributed by atoms with Gasteiger partial charge in [-0.2, -0.15) is 0 Å². The van der Waals surface area contributed by atoms with E-state index in [1.165, 1.54) is 0 Å². The minimum absolute atomic E-state index is 0.138. The highest BCUT2D eigenvalue weighted by Crippen LogP contribution is 2.22. The molecule has 1 aromatic carbocycles. The van der Waals surface area contributed by atoms with Gasteiger partial charge in [-0.05, 0) is 64.0 Å². The Morgan fingerprint density at radius 3 is 2.38 bits per heavy atom. The lowest BCUT2D eigenvalue weighted by Gasteiger charge is -2.39. The number of carbonyl (C=O) groups excluding carboxylic acids is 1. The van der Waals surface area contributed by atoms with Gasteiger partial charge >= 0.3 is 0 Å². The highest BCUT2D eigenvalue weighted by molar-refractivity contribution is 9.10. The Morgan fingerprint density at radius 1 is 1.15 bits per heavy atom.